The molecule has 0 fully saturated rings. The third-order valence-corrected chi connectivity index (χ3v) is 6.35. The zero-order chi connectivity index (χ0) is 32.7. The Labute approximate surface area is 257 Å². The summed E-state index contributed by atoms with van der Waals surface area (Å²) < 4.78 is 5.83. The SMILES string of the molecule is C#Cc1ccc(C#C)c(NC(=O)c2cc(Oc3ccc(C(=O)O)c(C(=O)Nc4cc(C#C)ccc4C#C)c3)ccc2C(=O)O)c1. The standard InChI is InChI=1S/C36H20N2O7/c1-5-21-9-11-23(7-3)31(17-21)37-33(39)29-19-25(13-15-27(29)35(41)42)45-26-14-16-28(36(43)44)30(20-26)34(40)38-32-18-22(6-2)10-12-24(32)8-4/h1-4,9-20H,(H,37,39)(H,38,40)(H,41,42)(H,43,44). The number of amides is 2. The molecule has 0 aliphatic carbocycles. The minimum absolute atomic E-state index is 0.00507. The lowest BCUT2D eigenvalue weighted by Crippen LogP contribution is -2.18. The molecule has 216 valence electrons. The van der Waals surface area contributed by atoms with E-state index in [2.05, 4.69) is 34.3 Å². The average Bonchev–Trinajstić information content (AvgIpc) is 3.04. The Morgan fingerprint density at radius 2 is 0.933 bits per heavy atom. The normalized spacial score (nSPS) is 9.78. The van der Waals surface area contributed by atoms with Crippen molar-refractivity contribution in [3.63, 3.8) is 0 Å². The van der Waals surface area contributed by atoms with Crippen LogP contribution < -0.4 is 15.4 Å². The van der Waals surface area contributed by atoms with Gasteiger partial charge in [-0.2, -0.15) is 0 Å². The monoisotopic (exact) mass is 592 g/mol. The van der Waals surface area contributed by atoms with Crippen LogP contribution in [0.2, 0.25) is 0 Å². The highest BCUT2D eigenvalue weighted by molar-refractivity contribution is 6.12. The van der Waals surface area contributed by atoms with Gasteiger partial charge in [-0.15, -0.1) is 25.7 Å². The molecule has 0 aromatic heterocycles. The summed E-state index contributed by atoms with van der Waals surface area (Å²) in [7, 11) is 0. The Bertz CT molecular complexity index is 1930. The molecule has 45 heavy (non-hydrogen) atoms. The Hall–Kier alpha value is -7.20. The lowest BCUT2D eigenvalue weighted by molar-refractivity contribution is 0.0683. The van der Waals surface area contributed by atoms with Gasteiger partial charge < -0.3 is 25.6 Å². The molecule has 4 aromatic carbocycles. The second-order valence-electron chi connectivity index (χ2n) is 9.13. The van der Waals surface area contributed by atoms with Gasteiger partial charge in [-0.05, 0) is 72.8 Å². The number of ether oxygens (including phenoxy) is 1. The fourth-order valence-electron chi connectivity index (χ4n) is 4.16. The van der Waals surface area contributed by atoms with Crippen LogP contribution in [0.5, 0.6) is 11.5 Å². The predicted octanol–water partition coefficient (Wildman–Crippen LogP) is 5.31. The molecular weight excluding hydrogens is 572 g/mol. The number of nitrogens with one attached hydrogen (secondary N) is 2. The van der Waals surface area contributed by atoms with Crippen LogP contribution in [-0.2, 0) is 0 Å². The van der Waals surface area contributed by atoms with E-state index in [9.17, 15) is 29.4 Å². The van der Waals surface area contributed by atoms with Crippen LogP contribution in [0.1, 0.15) is 63.7 Å². The number of aromatic carboxylic acids is 2. The molecule has 0 bridgehead atoms. The van der Waals surface area contributed by atoms with Crippen LogP contribution in [0, 0.1) is 49.4 Å². The molecule has 0 atom stereocenters. The summed E-state index contributed by atoms with van der Waals surface area (Å²) in [5.41, 5.74) is 0.668. The molecule has 4 rings (SSSR count). The molecule has 0 spiro atoms. The average molecular weight is 593 g/mol. The van der Waals surface area contributed by atoms with Crippen molar-refractivity contribution in [3.05, 3.63) is 117 Å². The Morgan fingerprint density at radius 1 is 0.533 bits per heavy atom. The Balaban J connectivity index is 1.69. The highest BCUT2D eigenvalue weighted by Crippen LogP contribution is 2.28. The highest BCUT2D eigenvalue weighted by Gasteiger charge is 2.22. The van der Waals surface area contributed by atoms with Crippen molar-refractivity contribution in [3.8, 4) is 60.9 Å². The number of hydrogen-bond acceptors (Lipinski definition) is 5. The highest BCUT2D eigenvalue weighted by atomic mass is 16.5. The second kappa shape index (κ2) is 13.2. The molecule has 0 radical (unpaired) electrons. The molecule has 4 aromatic rings. The van der Waals surface area contributed by atoms with E-state index in [1.165, 1.54) is 48.5 Å². The van der Waals surface area contributed by atoms with E-state index in [0.717, 1.165) is 12.1 Å². The van der Waals surface area contributed by atoms with Crippen LogP contribution in [0.15, 0.2) is 72.8 Å². The van der Waals surface area contributed by atoms with Gasteiger partial charge in [-0.3, -0.25) is 9.59 Å². The summed E-state index contributed by atoms with van der Waals surface area (Å²) in [6, 6.07) is 16.5. The number of benzene rings is 4. The van der Waals surface area contributed by atoms with Gasteiger partial charge in [0.2, 0.25) is 0 Å². The van der Waals surface area contributed by atoms with E-state index in [4.69, 9.17) is 30.4 Å². The van der Waals surface area contributed by atoms with Crippen LogP contribution in [0.4, 0.5) is 11.4 Å². The van der Waals surface area contributed by atoms with Gasteiger partial charge in [0.05, 0.1) is 33.6 Å². The van der Waals surface area contributed by atoms with Gasteiger partial charge in [-0.25, -0.2) is 9.59 Å². The first-order valence-corrected chi connectivity index (χ1v) is 12.8. The maximum Gasteiger partial charge on any atom is 0.336 e. The van der Waals surface area contributed by atoms with Gasteiger partial charge in [0, 0.05) is 22.3 Å². The number of carboxylic acids is 2. The van der Waals surface area contributed by atoms with Crippen molar-refractivity contribution >= 4 is 35.1 Å². The molecule has 0 aliphatic rings. The van der Waals surface area contributed by atoms with E-state index in [1.54, 1.807) is 12.1 Å². The molecule has 0 heterocycles. The molecule has 0 saturated carbocycles. The van der Waals surface area contributed by atoms with Crippen LogP contribution in [-0.4, -0.2) is 34.0 Å². The maximum absolute atomic E-state index is 13.3. The largest absolute Gasteiger partial charge is 0.478 e. The molecular formula is C36H20N2O7. The molecule has 0 unspecified atom stereocenters. The van der Waals surface area contributed by atoms with Crippen molar-refractivity contribution in [1.82, 2.24) is 0 Å². The Morgan fingerprint density at radius 3 is 1.27 bits per heavy atom. The van der Waals surface area contributed by atoms with Gasteiger partial charge in [-0.1, -0.05) is 23.7 Å². The summed E-state index contributed by atoms with van der Waals surface area (Å²) in [5, 5.41) is 24.6. The van der Waals surface area contributed by atoms with E-state index in [1.807, 2.05) is 0 Å². The zero-order valence-corrected chi connectivity index (χ0v) is 23.2. The summed E-state index contributed by atoms with van der Waals surface area (Å²) >= 11 is 0. The first-order valence-electron chi connectivity index (χ1n) is 12.8. The smallest absolute Gasteiger partial charge is 0.336 e. The number of carbonyl (C=O) groups is 4. The van der Waals surface area contributed by atoms with Crippen molar-refractivity contribution in [2.45, 2.75) is 0 Å². The fraction of sp³-hybridized carbons (Fsp3) is 0. The number of rotatable bonds is 8. The van der Waals surface area contributed by atoms with Gasteiger partial charge in [0.15, 0.2) is 0 Å². The first kappa shape index (κ1) is 30.8. The minimum Gasteiger partial charge on any atom is -0.478 e. The molecule has 9 nitrogen and oxygen atoms in total. The number of terminal acetylenes is 4. The quantitative estimate of drug-likeness (QED) is 0.203. The van der Waals surface area contributed by atoms with Gasteiger partial charge >= 0.3 is 11.9 Å². The van der Waals surface area contributed by atoms with Crippen molar-refractivity contribution in [1.29, 1.82) is 0 Å². The molecule has 9 heteroatoms. The van der Waals surface area contributed by atoms with E-state index in [-0.39, 0.29) is 45.1 Å². The fourth-order valence-corrected chi connectivity index (χ4v) is 4.16. The van der Waals surface area contributed by atoms with E-state index in [0.29, 0.717) is 22.3 Å². The number of anilines is 2. The molecule has 0 saturated heterocycles. The van der Waals surface area contributed by atoms with Crippen molar-refractivity contribution in [2.75, 3.05) is 10.6 Å². The number of hydrogen-bond donors (Lipinski definition) is 4. The number of carbonyl (C=O) groups excluding carboxylic acids is 2. The van der Waals surface area contributed by atoms with Crippen LogP contribution in [0.25, 0.3) is 0 Å². The maximum atomic E-state index is 13.3. The molecule has 2 amide bonds. The topological polar surface area (TPSA) is 142 Å². The summed E-state index contributed by atoms with van der Waals surface area (Å²) in [4.78, 5) is 50.4. The summed E-state index contributed by atoms with van der Waals surface area (Å²) in [6.45, 7) is 0. The number of carboxylic acid groups (broad SMARTS) is 2. The summed E-state index contributed by atoms with van der Waals surface area (Å²) in [5.74, 6) is 5.31. The van der Waals surface area contributed by atoms with Gasteiger partial charge in [0.25, 0.3) is 11.8 Å². The summed E-state index contributed by atoms with van der Waals surface area (Å²) in [6.07, 6.45) is 22.0. The van der Waals surface area contributed by atoms with Crippen molar-refractivity contribution < 1.29 is 34.1 Å². The first-order chi connectivity index (χ1) is 21.6. The molecule has 0 aliphatic heterocycles. The van der Waals surface area contributed by atoms with Crippen LogP contribution >= 0.6 is 0 Å². The predicted molar refractivity (Wildman–Crippen MR) is 167 cm³/mol. The minimum atomic E-state index is -1.38. The van der Waals surface area contributed by atoms with E-state index < -0.39 is 23.8 Å². The Kier molecular flexibility index (Phi) is 9.01. The molecule has 4 N–H and O–H groups in total. The lowest BCUT2D eigenvalue weighted by atomic mass is 10.0. The third-order valence-electron chi connectivity index (χ3n) is 6.35. The van der Waals surface area contributed by atoms with Gasteiger partial charge in [0.1, 0.15) is 11.5 Å². The van der Waals surface area contributed by atoms with E-state index >= 15 is 0 Å². The lowest BCUT2D eigenvalue weighted by Gasteiger charge is -2.14. The van der Waals surface area contributed by atoms with Crippen LogP contribution in [0.3, 0.4) is 0 Å². The zero-order valence-electron chi connectivity index (χ0n) is 23.2. The second-order valence-corrected chi connectivity index (χ2v) is 9.13. The third kappa shape index (κ3) is 6.83. The van der Waals surface area contributed by atoms with Crippen molar-refractivity contribution in [2.24, 2.45) is 0 Å².